The Morgan fingerprint density at radius 3 is 2.22 bits per heavy atom. The number of nitrogens with zero attached hydrogens (tertiary/aromatic N) is 1. The van der Waals surface area contributed by atoms with E-state index in [-0.39, 0.29) is 0 Å². The van der Waals surface area contributed by atoms with E-state index < -0.39 is 0 Å². The second kappa shape index (κ2) is 7.18. The molecule has 2 heteroatoms. The van der Waals surface area contributed by atoms with Crippen LogP contribution in [0.1, 0.15) is 56.1 Å². The van der Waals surface area contributed by atoms with E-state index in [9.17, 15) is 0 Å². The van der Waals surface area contributed by atoms with E-state index in [0.29, 0.717) is 6.04 Å². The topological polar surface area (TPSA) is 35.8 Å². The van der Waals surface area contributed by atoms with E-state index >= 15 is 0 Å². The highest BCUT2D eigenvalue weighted by Crippen LogP contribution is 2.17. The molecule has 0 radical (unpaired) electrons. The number of nitrogens with one attached hydrogen (secondary N) is 1. The van der Waals surface area contributed by atoms with Crippen molar-refractivity contribution in [2.45, 2.75) is 57.5 Å². The highest BCUT2D eigenvalue weighted by atomic mass is 14.9. The first-order valence-electron chi connectivity index (χ1n) is 7.11. The minimum Gasteiger partial charge on any atom is -0.310 e. The summed E-state index contributed by atoms with van der Waals surface area (Å²) in [5.41, 5.74) is 2.01. The summed E-state index contributed by atoms with van der Waals surface area (Å²) in [6.45, 7) is 0.927. The average molecular weight is 242 g/mol. The lowest BCUT2D eigenvalue weighted by atomic mass is 9.96. The normalized spacial score (nSPS) is 17.7. The van der Waals surface area contributed by atoms with Crippen molar-refractivity contribution in [2.24, 2.45) is 0 Å². The Bertz CT molecular complexity index is 381. The van der Waals surface area contributed by atoms with Gasteiger partial charge in [-0.3, -0.25) is 0 Å². The highest BCUT2D eigenvalue weighted by molar-refractivity contribution is 5.31. The van der Waals surface area contributed by atoms with Crippen LogP contribution in [-0.2, 0) is 6.54 Å². The monoisotopic (exact) mass is 242 g/mol. The molecule has 2 nitrogen and oxygen atoms in total. The molecule has 0 aromatic heterocycles. The standard InChI is InChI=1S/C16H22N2/c17-12-14-8-10-15(11-9-14)13-18-16-6-4-2-1-3-5-7-16/h8-11,16,18H,1-7,13H2. The van der Waals surface area contributed by atoms with Gasteiger partial charge in [0.2, 0.25) is 0 Å². The largest absolute Gasteiger partial charge is 0.310 e. The van der Waals surface area contributed by atoms with Gasteiger partial charge in [-0.2, -0.15) is 5.26 Å². The molecule has 1 aromatic rings. The molecule has 2 rings (SSSR count). The molecule has 0 amide bonds. The molecule has 0 atom stereocenters. The van der Waals surface area contributed by atoms with E-state index in [1.54, 1.807) is 0 Å². The van der Waals surface area contributed by atoms with Crippen molar-refractivity contribution < 1.29 is 0 Å². The van der Waals surface area contributed by atoms with Gasteiger partial charge >= 0.3 is 0 Å². The zero-order valence-electron chi connectivity index (χ0n) is 11.0. The lowest BCUT2D eigenvalue weighted by Crippen LogP contribution is -2.29. The lowest BCUT2D eigenvalue weighted by molar-refractivity contribution is 0.389. The molecule has 1 saturated carbocycles. The van der Waals surface area contributed by atoms with Gasteiger partial charge in [0.1, 0.15) is 0 Å². The number of hydrogen-bond donors (Lipinski definition) is 1. The van der Waals surface area contributed by atoms with E-state index in [1.807, 2.05) is 12.1 Å². The summed E-state index contributed by atoms with van der Waals surface area (Å²) in [7, 11) is 0. The maximum atomic E-state index is 8.75. The van der Waals surface area contributed by atoms with Gasteiger partial charge < -0.3 is 5.32 Å². The van der Waals surface area contributed by atoms with Crippen molar-refractivity contribution in [1.82, 2.24) is 5.32 Å². The van der Waals surface area contributed by atoms with Crippen LogP contribution >= 0.6 is 0 Å². The number of benzene rings is 1. The van der Waals surface area contributed by atoms with Crippen LogP contribution in [0.4, 0.5) is 0 Å². The fraction of sp³-hybridized carbons (Fsp3) is 0.562. The number of nitriles is 1. The summed E-state index contributed by atoms with van der Waals surface area (Å²) >= 11 is 0. The van der Waals surface area contributed by atoms with Crippen molar-refractivity contribution in [3.63, 3.8) is 0 Å². The summed E-state index contributed by atoms with van der Waals surface area (Å²) < 4.78 is 0. The minimum atomic E-state index is 0.681. The molecule has 18 heavy (non-hydrogen) atoms. The highest BCUT2D eigenvalue weighted by Gasteiger charge is 2.10. The molecule has 0 saturated heterocycles. The van der Waals surface area contributed by atoms with Crippen LogP contribution in [0, 0.1) is 11.3 Å². The van der Waals surface area contributed by atoms with E-state index in [0.717, 1.165) is 12.1 Å². The van der Waals surface area contributed by atoms with Crippen molar-refractivity contribution in [3.8, 4) is 6.07 Å². The fourth-order valence-corrected chi connectivity index (χ4v) is 2.62. The predicted molar refractivity (Wildman–Crippen MR) is 74.1 cm³/mol. The van der Waals surface area contributed by atoms with Gasteiger partial charge in [-0.25, -0.2) is 0 Å². The minimum absolute atomic E-state index is 0.681. The molecule has 0 aliphatic heterocycles. The van der Waals surface area contributed by atoms with Gasteiger partial charge in [0, 0.05) is 12.6 Å². The molecule has 1 aromatic carbocycles. The summed E-state index contributed by atoms with van der Waals surface area (Å²) in [4.78, 5) is 0. The Morgan fingerprint density at radius 1 is 1.00 bits per heavy atom. The zero-order valence-corrected chi connectivity index (χ0v) is 11.0. The van der Waals surface area contributed by atoms with Gasteiger partial charge in [-0.15, -0.1) is 0 Å². The van der Waals surface area contributed by atoms with Gasteiger partial charge in [0.05, 0.1) is 11.6 Å². The van der Waals surface area contributed by atoms with Crippen molar-refractivity contribution in [1.29, 1.82) is 5.26 Å². The van der Waals surface area contributed by atoms with Crippen LogP contribution in [-0.4, -0.2) is 6.04 Å². The molecule has 1 fully saturated rings. The van der Waals surface area contributed by atoms with Gasteiger partial charge in [0.25, 0.3) is 0 Å². The van der Waals surface area contributed by atoms with Gasteiger partial charge in [-0.05, 0) is 30.5 Å². The van der Waals surface area contributed by atoms with Crippen LogP contribution in [0.15, 0.2) is 24.3 Å². The molecular weight excluding hydrogens is 220 g/mol. The van der Waals surface area contributed by atoms with Gasteiger partial charge in [-0.1, -0.05) is 44.2 Å². The zero-order chi connectivity index (χ0) is 12.6. The number of hydrogen-bond acceptors (Lipinski definition) is 2. The maximum absolute atomic E-state index is 8.75. The van der Waals surface area contributed by atoms with Crippen LogP contribution in [0.3, 0.4) is 0 Å². The molecular formula is C16H22N2. The SMILES string of the molecule is N#Cc1ccc(CNC2CCCCCCC2)cc1. The Kier molecular flexibility index (Phi) is 5.23. The second-order valence-corrected chi connectivity index (χ2v) is 5.23. The summed E-state index contributed by atoms with van der Waals surface area (Å²) in [5, 5.41) is 12.4. The first kappa shape index (κ1) is 13.1. The third kappa shape index (κ3) is 4.16. The lowest BCUT2D eigenvalue weighted by Gasteiger charge is -2.21. The smallest absolute Gasteiger partial charge is 0.0991 e. The Morgan fingerprint density at radius 2 is 1.61 bits per heavy atom. The Labute approximate surface area is 110 Å². The summed E-state index contributed by atoms with van der Waals surface area (Å²) in [6, 6.07) is 10.7. The van der Waals surface area contributed by atoms with Crippen molar-refractivity contribution >= 4 is 0 Å². The predicted octanol–water partition coefficient (Wildman–Crippen LogP) is 3.76. The first-order valence-corrected chi connectivity index (χ1v) is 7.11. The fourth-order valence-electron chi connectivity index (χ4n) is 2.62. The molecule has 0 unspecified atom stereocenters. The average Bonchev–Trinajstić information content (AvgIpc) is 2.38. The van der Waals surface area contributed by atoms with E-state index in [4.69, 9.17) is 5.26 Å². The molecule has 96 valence electrons. The van der Waals surface area contributed by atoms with Crippen LogP contribution in [0.2, 0.25) is 0 Å². The number of rotatable bonds is 3. The summed E-state index contributed by atoms with van der Waals surface area (Å²) in [6.07, 6.45) is 9.58. The second-order valence-electron chi connectivity index (χ2n) is 5.23. The van der Waals surface area contributed by atoms with Crippen LogP contribution < -0.4 is 5.32 Å². The maximum Gasteiger partial charge on any atom is 0.0991 e. The quantitative estimate of drug-likeness (QED) is 0.876. The Hall–Kier alpha value is -1.33. The van der Waals surface area contributed by atoms with Crippen molar-refractivity contribution in [3.05, 3.63) is 35.4 Å². The van der Waals surface area contributed by atoms with Gasteiger partial charge in [0.15, 0.2) is 0 Å². The van der Waals surface area contributed by atoms with Crippen LogP contribution in [0.25, 0.3) is 0 Å². The molecule has 0 heterocycles. The molecule has 1 aliphatic carbocycles. The third-order valence-corrected chi connectivity index (χ3v) is 3.78. The Balaban J connectivity index is 1.80. The molecule has 0 spiro atoms. The molecule has 1 aliphatic rings. The molecule has 1 N–H and O–H groups in total. The van der Waals surface area contributed by atoms with E-state index in [1.165, 1.54) is 50.5 Å². The van der Waals surface area contributed by atoms with Crippen molar-refractivity contribution in [2.75, 3.05) is 0 Å². The molecule has 0 bridgehead atoms. The third-order valence-electron chi connectivity index (χ3n) is 3.78. The summed E-state index contributed by atoms with van der Waals surface area (Å²) in [5.74, 6) is 0. The first-order chi connectivity index (χ1) is 8.88. The van der Waals surface area contributed by atoms with Crippen LogP contribution in [0.5, 0.6) is 0 Å². The van der Waals surface area contributed by atoms with E-state index in [2.05, 4.69) is 23.5 Å².